The summed E-state index contributed by atoms with van der Waals surface area (Å²) in [6.45, 7) is 1.89. The van der Waals surface area contributed by atoms with E-state index in [0.29, 0.717) is 5.69 Å². The summed E-state index contributed by atoms with van der Waals surface area (Å²) in [5.74, 6) is -0.431. The van der Waals surface area contributed by atoms with Gasteiger partial charge >= 0.3 is 0 Å². The van der Waals surface area contributed by atoms with E-state index in [-0.39, 0.29) is 5.02 Å². The number of hydrogen-bond donors (Lipinski definition) is 1. The second-order valence-corrected chi connectivity index (χ2v) is 3.94. The predicted octanol–water partition coefficient (Wildman–Crippen LogP) is 3.43. The molecule has 0 saturated carbocycles. The van der Waals surface area contributed by atoms with E-state index < -0.39 is 5.82 Å². The van der Waals surface area contributed by atoms with Crippen LogP contribution in [0.3, 0.4) is 0 Å². The predicted molar refractivity (Wildman–Crippen MR) is 63.8 cm³/mol. The molecule has 0 amide bonds. The molecule has 0 fully saturated rings. The molecular weight excluding hydrogens is 227 g/mol. The topological polar surface area (TPSA) is 38.9 Å². The zero-order valence-corrected chi connectivity index (χ0v) is 9.42. The maximum Gasteiger partial charge on any atom is 0.141 e. The Morgan fingerprint density at radius 2 is 2.06 bits per heavy atom. The fourth-order valence-electron chi connectivity index (χ4n) is 1.50. The van der Waals surface area contributed by atoms with Gasteiger partial charge in [-0.2, -0.15) is 0 Å². The summed E-state index contributed by atoms with van der Waals surface area (Å²) in [4.78, 5) is 4.01. The van der Waals surface area contributed by atoms with E-state index in [0.717, 1.165) is 16.7 Å². The first kappa shape index (κ1) is 10.9. The molecule has 1 heterocycles. The maximum atomic E-state index is 13.0. The van der Waals surface area contributed by atoms with E-state index in [1.165, 1.54) is 6.07 Å². The molecule has 82 valence electrons. The van der Waals surface area contributed by atoms with Crippen LogP contribution in [0.5, 0.6) is 0 Å². The van der Waals surface area contributed by atoms with Crippen molar-refractivity contribution in [3.63, 3.8) is 0 Å². The molecule has 0 bridgehead atoms. The van der Waals surface area contributed by atoms with Gasteiger partial charge in [-0.1, -0.05) is 17.7 Å². The van der Waals surface area contributed by atoms with Gasteiger partial charge in [0.15, 0.2) is 0 Å². The van der Waals surface area contributed by atoms with Crippen molar-refractivity contribution in [1.29, 1.82) is 0 Å². The normalized spacial score (nSPS) is 10.4. The molecule has 0 aliphatic carbocycles. The standard InChI is InChI=1S/C12H10ClFN2/c1-7-9(5-16-6-12(7)15)8-2-3-11(14)10(13)4-8/h2-6H,15H2,1H3. The Kier molecular flexibility index (Phi) is 2.79. The summed E-state index contributed by atoms with van der Waals surface area (Å²) in [7, 11) is 0. The number of hydrogen-bond acceptors (Lipinski definition) is 2. The molecule has 0 spiro atoms. The fraction of sp³-hybridized carbons (Fsp3) is 0.0833. The molecule has 0 aliphatic rings. The van der Waals surface area contributed by atoms with E-state index in [9.17, 15) is 4.39 Å². The molecule has 2 N–H and O–H groups in total. The van der Waals surface area contributed by atoms with Crippen LogP contribution in [-0.2, 0) is 0 Å². The first-order valence-electron chi connectivity index (χ1n) is 4.75. The van der Waals surface area contributed by atoms with Gasteiger partial charge in [0.05, 0.1) is 16.9 Å². The van der Waals surface area contributed by atoms with Gasteiger partial charge in [-0.25, -0.2) is 4.39 Å². The first-order chi connectivity index (χ1) is 7.59. The van der Waals surface area contributed by atoms with E-state index in [2.05, 4.69) is 4.98 Å². The number of nitrogens with two attached hydrogens (primary N) is 1. The van der Waals surface area contributed by atoms with E-state index in [4.69, 9.17) is 17.3 Å². The molecule has 0 radical (unpaired) electrons. The lowest BCUT2D eigenvalue weighted by Crippen LogP contribution is -1.94. The van der Waals surface area contributed by atoms with Gasteiger partial charge in [-0.3, -0.25) is 4.98 Å². The third-order valence-electron chi connectivity index (χ3n) is 2.48. The Bertz CT molecular complexity index is 541. The molecule has 2 aromatic rings. The molecule has 0 unspecified atom stereocenters. The molecule has 2 nitrogen and oxygen atoms in total. The summed E-state index contributed by atoms with van der Waals surface area (Å²) < 4.78 is 13.0. The molecule has 1 aromatic heterocycles. The zero-order chi connectivity index (χ0) is 11.7. The molecule has 2 rings (SSSR count). The minimum Gasteiger partial charge on any atom is -0.397 e. The van der Waals surface area contributed by atoms with Crippen molar-refractivity contribution >= 4 is 17.3 Å². The smallest absolute Gasteiger partial charge is 0.141 e. The van der Waals surface area contributed by atoms with Crippen LogP contribution in [0.2, 0.25) is 5.02 Å². The van der Waals surface area contributed by atoms with Crippen molar-refractivity contribution in [2.75, 3.05) is 5.73 Å². The minimum absolute atomic E-state index is 0.0966. The number of benzene rings is 1. The molecule has 0 aliphatic heterocycles. The third-order valence-corrected chi connectivity index (χ3v) is 2.77. The van der Waals surface area contributed by atoms with Crippen LogP contribution in [0, 0.1) is 12.7 Å². The van der Waals surface area contributed by atoms with Crippen LogP contribution in [0.1, 0.15) is 5.56 Å². The SMILES string of the molecule is Cc1c(N)cncc1-c1ccc(F)c(Cl)c1. The highest BCUT2D eigenvalue weighted by atomic mass is 35.5. The summed E-state index contributed by atoms with van der Waals surface area (Å²) in [6, 6.07) is 4.56. The number of nitrogens with zero attached hydrogens (tertiary/aromatic N) is 1. The molecule has 0 atom stereocenters. The van der Waals surface area contributed by atoms with E-state index in [1.54, 1.807) is 24.5 Å². The lowest BCUT2D eigenvalue weighted by molar-refractivity contribution is 0.628. The molecular formula is C12H10ClFN2. The number of halogens is 2. The molecule has 16 heavy (non-hydrogen) atoms. The van der Waals surface area contributed by atoms with Crippen LogP contribution < -0.4 is 5.73 Å². The summed E-state index contributed by atoms with van der Waals surface area (Å²) in [5.41, 5.74) is 8.95. The van der Waals surface area contributed by atoms with Gasteiger partial charge in [0.25, 0.3) is 0 Å². The quantitative estimate of drug-likeness (QED) is 0.824. The van der Waals surface area contributed by atoms with Crippen molar-refractivity contribution in [2.45, 2.75) is 6.92 Å². The number of aromatic nitrogens is 1. The largest absolute Gasteiger partial charge is 0.397 e. The Hall–Kier alpha value is -1.61. The van der Waals surface area contributed by atoms with Crippen LogP contribution in [0.25, 0.3) is 11.1 Å². The highest BCUT2D eigenvalue weighted by Crippen LogP contribution is 2.28. The number of rotatable bonds is 1. The van der Waals surface area contributed by atoms with Gasteiger partial charge in [0.1, 0.15) is 5.82 Å². The highest BCUT2D eigenvalue weighted by Gasteiger charge is 2.07. The zero-order valence-electron chi connectivity index (χ0n) is 8.67. The lowest BCUT2D eigenvalue weighted by Gasteiger charge is -2.08. The van der Waals surface area contributed by atoms with Crippen molar-refractivity contribution in [2.24, 2.45) is 0 Å². The third kappa shape index (κ3) is 1.86. The van der Waals surface area contributed by atoms with Crippen molar-refractivity contribution in [3.05, 3.63) is 47.0 Å². The Morgan fingerprint density at radius 1 is 1.31 bits per heavy atom. The molecule has 1 aromatic carbocycles. The average Bonchev–Trinajstić information content (AvgIpc) is 2.26. The van der Waals surface area contributed by atoms with Crippen molar-refractivity contribution < 1.29 is 4.39 Å². The van der Waals surface area contributed by atoms with Crippen LogP contribution in [0.4, 0.5) is 10.1 Å². The maximum absolute atomic E-state index is 13.0. The number of anilines is 1. The van der Waals surface area contributed by atoms with Gasteiger partial charge in [0.2, 0.25) is 0 Å². The minimum atomic E-state index is -0.431. The van der Waals surface area contributed by atoms with Crippen molar-refractivity contribution in [1.82, 2.24) is 4.98 Å². The highest BCUT2D eigenvalue weighted by molar-refractivity contribution is 6.31. The van der Waals surface area contributed by atoms with Gasteiger partial charge in [0, 0.05) is 11.8 Å². The monoisotopic (exact) mass is 236 g/mol. The fourth-order valence-corrected chi connectivity index (χ4v) is 1.68. The van der Waals surface area contributed by atoms with Gasteiger partial charge < -0.3 is 5.73 Å². The van der Waals surface area contributed by atoms with Gasteiger partial charge in [-0.05, 0) is 30.2 Å². The van der Waals surface area contributed by atoms with Crippen LogP contribution >= 0.6 is 11.6 Å². The summed E-state index contributed by atoms with van der Waals surface area (Å²) >= 11 is 5.73. The second-order valence-electron chi connectivity index (χ2n) is 3.53. The van der Waals surface area contributed by atoms with E-state index >= 15 is 0 Å². The Morgan fingerprint density at radius 3 is 2.75 bits per heavy atom. The number of nitrogen functional groups attached to an aromatic ring is 1. The molecule has 0 saturated heterocycles. The van der Waals surface area contributed by atoms with Gasteiger partial charge in [-0.15, -0.1) is 0 Å². The number of pyridine rings is 1. The van der Waals surface area contributed by atoms with Crippen LogP contribution in [0.15, 0.2) is 30.6 Å². The molecule has 4 heteroatoms. The summed E-state index contributed by atoms with van der Waals surface area (Å²) in [5, 5.41) is 0.0966. The Balaban J connectivity index is 2.59. The summed E-state index contributed by atoms with van der Waals surface area (Å²) in [6.07, 6.45) is 3.28. The second kappa shape index (κ2) is 4.10. The lowest BCUT2D eigenvalue weighted by atomic mass is 10.0. The van der Waals surface area contributed by atoms with Crippen LogP contribution in [-0.4, -0.2) is 4.98 Å². The first-order valence-corrected chi connectivity index (χ1v) is 5.13. The average molecular weight is 237 g/mol. The van der Waals surface area contributed by atoms with E-state index in [1.807, 2.05) is 6.92 Å². The van der Waals surface area contributed by atoms with Crippen molar-refractivity contribution in [3.8, 4) is 11.1 Å². The Labute approximate surface area is 97.9 Å².